The quantitative estimate of drug-likeness (QED) is 0.188. The number of amidine groups is 1. The molecule has 0 aromatic heterocycles. The predicted molar refractivity (Wildman–Crippen MR) is 152 cm³/mol. The van der Waals surface area contributed by atoms with Gasteiger partial charge in [-0.25, -0.2) is 4.99 Å². The lowest BCUT2D eigenvalue weighted by Gasteiger charge is -2.48. The Balaban J connectivity index is 1.66. The number of Topliss-reactive ketones (excluding diaryl/α,β-unsaturated/α-hetero) is 1. The fourth-order valence-electron chi connectivity index (χ4n) is 5.75. The van der Waals surface area contributed by atoms with Crippen molar-refractivity contribution in [3.8, 4) is 5.75 Å². The topological polar surface area (TPSA) is 99.8 Å². The average Bonchev–Trinajstić information content (AvgIpc) is 2.89. The second-order valence-corrected chi connectivity index (χ2v) is 10.7. The third kappa shape index (κ3) is 7.24. The van der Waals surface area contributed by atoms with Crippen molar-refractivity contribution in [1.29, 1.82) is 0 Å². The third-order valence-corrected chi connectivity index (χ3v) is 8.09. The summed E-state index contributed by atoms with van der Waals surface area (Å²) >= 11 is 0. The summed E-state index contributed by atoms with van der Waals surface area (Å²) in [6.07, 6.45) is 3.14. The first kappa shape index (κ1) is 29.9. The number of piperazine rings is 1. The van der Waals surface area contributed by atoms with Crippen molar-refractivity contribution in [3.05, 3.63) is 52.9 Å². The fraction of sp³-hybridized carbons (Fsp3) is 0.600. The zero-order valence-corrected chi connectivity index (χ0v) is 23.8. The Hall–Kier alpha value is -2.68. The van der Waals surface area contributed by atoms with E-state index in [0.717, 1.165) is 69.7 Å². The predicted octanol–water partition coefficient (Wildman–Crippen LogP) is 4.55. The number of nitrogens with zero attached hydrogens (tertiary/aromatic N) is 4. The van der Waals surface area contributed by atoms with Crippen LogP contribution >= 0.6 is 0 Å². The molecule has 38 heavy (non-hydrogen) atoms. The van der Waals surface area contributed by atoms with E-state index >= 15 is 0 Å². The van der Waals surface area contributed by atoms with Crippen LogP contribution in [0.25, 0.3) is 0 Å². The highest BCUT2D eigenvalue weighted by molar-refractivity contribution is 5.98. The van der Waals surface area contributed by atoms with E-state index in [0.29, 0.717) is 35.6 Å². The van der Waals surface area contributed by atoms with Gasteiger partial charge in [0.2, 0.25) is 0 Å². The van der Waals surface area contributed by atoms with E-state index in [4.69, 9.17) is 4.99 Å². The molecule has 3 N–H and O–H groups in total. The molecule has 2 aliphatic heterocycles. The van der Waals surface area contributed by atoms with Crippen LogP contribution < -0.4 is 0 Å². The Kier molecular flexibility index (Phi) is 10.5. The summed E-state index contributed by atoms with van der Waals surface area (Å²) < 4.78 is 0. The molecule has 2 saturated heterocycles. The van der Waals surface area contributed by atoms with E-state index in [-0.39, 0.29) is 17.3 Å². The van der Waals surface area contributed by atoms with Crippen LogP contribution in [-0.4, -0.2) is 86.4 Å². The van der Waals surface area contributed by atoms with Gasteiger partial charge in [-0.3, -0.25) is 14.6 Å². The van der Waals surface area contributed by atoms with Crippen LogP contribution in [0.4, 0.5) is 0 Å². The summed E-state index contributed by atoms with van der Waals surface area (Å²) in [5.41, 5.74) is 3.17. The third-order valence-electron chi connectivity index (χ3n) is 8.09. The smallest absolute Gasteiger partial charge is 0.170 e. The van der Waals surface area contributed by atoms with Crippen molar-refractivity contribution in [1.82, 2.24) is 14.7 Å². The molecule has 0 bridgehead atoms. The molecule has 0 radical (unpaired) electrons. The summed E-state index contributed by atoms with van der Waals surface area (Å²) in [5.74, 6) is 0.582. The van der Waals surface area contributed by atoms with E-state index in [1.165, 1.54) is 0 Å². The average molecular weight is 527 g/mol. The second kappa shape index (κ2) is 13.4. The number of hydrogen-bond donors (Lipinski definition) is 3. The van der Waals surface area contributed by atoms with Gasteiger partial charge in [-0.2, -0.15) is 0 Å². The summed E-state index contributed by atoms with van der Waals surface area (Å²) in [5, 5.41) is 30.4. The molecule has 2 atom stereocenters. The molecule has 2 aliphatic rings. The highest BCUT2D eigenvalue weighted by Gasteiger charge is 2.34. The monoisotopic (exact) mass is 526 g/mol. The van der Waals surface area contributed by atoms with E-state index in [9.17, 15) is 20.1 Å². The Morgan fingerprint density at radius 2 is 1.84 bits per heavy atom. The maximum Gasteiger partial charge on any atom is 0.170 e. The van der Waals surface area contributed by atoms with Gasteiger partial charge in [-0.05, 0) is 82.8 Å². The van der Waals surface area contributed by atoms with Gasteiger partial charge < -0.3 is 20.2 Å². The minimum atomic E-state index is -0.616. The summed E-state index contributed by atoms with van der Waals surface area (Å²) in [6, 6.07) is 6.11. The zero-order valence-electron chi connectivity index (χ0n) is 23.8. The molecule has 0 spiro atoms. The van der Waals surface area contributed by atoms with Crippen LogP contribution in [0.3, 0.4) is 0 Å². The maximum atomic E-state index is 11.9. The minimum absolute atomic E-state index is 0.0105. The van der Waals surface area contributed by atoms with Crippen LogP contribution in [-0.2, 0) is 11.3 Å². The summed E-state index contributed by atoms with van der Waals surface area (Å²) in [7, 11) is 0. The lowest BCUT2D eigenvalue weighted by atomic mass is 9.96. The van der Waals surface area contributed by atoms with E-state index < -0.39 is 6.10 Å². The number of phenolic OH excluding ortho intramolecular Hbond substituents is 1. The van der Waals surface area contributed by atoms with E-state index in [2.05, 4.69) is 28.2 Å². The number of piperidine rings is 1. The number of allylic oxidation sites excluding steroid dienone is 2. The first-order chi connectivity index (χ1) is 18.0. The number of hydrogen-bond acceptors (Lipinski definition) is 7. The fourth-order valence-corrected chi connectivity index (χ4v) is 5.75. The highest BCUT2D eigenvalue weighted by Crippen LogP contribution is 2.28. The molecule has 2 unspecified atom stereocenters. The zero-order chi connectivity index (χ0) is 28.0. The molecule has 2 fully saturated rings. The molecular weight excluding hydrogens is 480 g/mol. The van der Waals surface area contributed by atoms with Crippen molar-refractivity contribution >= 4 is 11.6 Å². The van der Waals surface area contributed by atoms with Crippen molar-refractivity contribution in [2.24, 2.45) is 4.99 Å². The summed E-state index contributed by atoms with van der Waals surface area (Å²) in [4.78, 5) is 23.8. The van der Waals surface area contributed by atoms with Crippen molar-refractivity contribution in [3.63, 3.8) is 0 Å². The Labute approximate surface area is 228 Å². The molecule has 0 amide bonds. The van der Waals surface area contributed by atoms with Crippen molar-refractivity contribution < 1.29 is 20.1 Å². The van der Waals surface area contributed by atoms with Gasteiger partial charge in [0.15, 0.2) is 17.4 Å². The van der Waals surface area contributed by atoms with Crippen LogP contribution in [0.15, 0.2) is 46.8 Å². The number of aliphatic hydroxyl groups excluding tert-OH is 2. The maximum absolute atomic E-state index is 11.9. The first-order valence-electron chi connectivity index (χ1n) is 14.0. The van der Waals surface area contributed by atoms with Gasteiger partial charge in [0, 0.05) is 49.5 Å². The van der Waals surface area contributed by atoms with Gasteiger partial charge in [0.1, 0.15) is 5.75 Å². The van der Waals surface area contributed by atoms with Gasteiger partial charge in [-0.15, -0.1) is 0 Å². The molecule has 8 nitrogen and oxygen atoms in total. The van der Waals surface area contributed by atoms with Crippen LogP contribution in [0.2, 0.25) is 0 Å². The second-order valence-electron chi connectivity index (χ2n) is 10.7. The lowest BCUT2D eigenvalue weighted by molar-refractivity contribution is -0.113. The number of carbonyl (C=O) groups is 1. The molecule has 210 valence electrons. The Bertz CT molecular complexity index is 1060. The van der Waals surface area contributed by atoms with Gasteiger partial charge in [0.25, 0.3) is 0 Å². The molecule has 1 aromatic rings. The molecular formula is C30H46N4O4. The van der Waals surface area contributed by atoms with Gasteiger partial charge >= 0.3 is 0 Å². The van der Waals surface area contributed by atoms with Crippen LogP contribution in [0.5, 0.6) is 5.75 Å². The van der Waals surface area contributed by atoms with E-state index in [1.807, 2.05) is 13.0 Å². The number of ketones is 1. The molecule has 8 heteroatoms. The number of benzene rings is 1. The number of likely N-dealkylation sites (tertiary alicyclic amines) is 1. The normalized spacial score (nSPS) is 21.8. The number of aliphatic imine (C=N–C) groups is 1. The van der Waals surface area contributed by atoms with Gasteiger partial charge in [0.05, 0.1) is 6.10 Å². The molecule has 3 rings (SSSR count). The van der Waals surface area contributed by atoms with Gasteiger partial charge in [-0.1, -0.05) is 26.5 Å². The standard InChI is InChI=1S/C30H46N4O4/c1-7-25-19-33(30(23(6)37)31-29(8-2)20(3)21(4)35)15-16-34(25)26-11-13-32(14-12-26)18-24-9-10-27(38)17-28(24)22(5)36/h9-10,17,22,25-26,36-38H,6-8,11-16,18-19H2,1-5H3/b29-20+,31-30?. The first-order valence-corrected chi connectivity index (χ1v) is 14.0. The Morgan fingerprint density at radius 1 is 1.16 bits per heavy atom. The molecule has 1 aromatic carbocycles. The summed E-state index contributed by atoms with van der Waals surface area (Å²) in [6.45, 7) is 18.1. The van der Waals surface area contributed by atoms with Crippen molar-refractivity contribution in [2.75, 3.05) is 32.7 Å². The lowest BCUT2D eigenvalue weighted by Crippen LogP contribution is -2.59. The van der Waals surface area contributed by atoms with E-state index in [1.54, 1.807) is 32.9 Å². The Morgan fingerprint density at radius 3 is 2.39 bits per heavy atom. The number of phenols is 1. The highest BCUT2D eigenvalue weighted by atomic mass is 16.3. The number of aliphatic hydroxyl groups is 2. The molecule has 0 saturated carbocycles. The molecule has 0 aliphatic carbocycles. The minimum Gasteiger partial charge on any atom is -0.508 e. The van der Waals surface area contributed by atoms with Crippen LogP contribution in [0.1, 0.15) is 77.5 Å². The SMILES string of the molecule is C=C(O)C(=N/C(CC)=C(\C)C(C)=O)N1CCN(C2CCN(Cc3ccc(O)cc3C(C)O)CC2)C(CC)C1. The van der Waals surface area contributed by atoms with Crippen molar-refractivity contribution in [2.45, 2.75) is 85.0 Å². The number of carbonyl (C=O) groups excluding carboxylic acids is 1. The number of aromatic hydroxyl groups is 1. The van der Waals surface area contributed by atoms with Crippen LogP contribution in [0, 0.1) is 0 Å². The molecule has 2 heterocycles. The number of rotatable bonds is 9. The largest absolute Gasteiger partial charge is 0.508 e.